The fourth-order valence-corrected chi connectivity index (χ4v) is 4.35. The zero-order chi connectivity index (χ0) is 18.9. The van der Waals surface area contributed by atoms with Gasteiger partial charge in [-0.25, -0.2) is 0 Å². The van der Waals surface area contributed by atoms with Gasteiger partial charge in [0.2, 0.25) is 5.91 Å². The highest BCUT2D eigenvalue weighted by Gasteiger charge is 2.40. The molecule has 3 aliphatic rings. The van der Waals surface area contributed by atoms with Crippen LogP contribution in [0.15, 0.2) is 53.2 Å². The Morgan fingerprint density at radius 3 is 2.86 bits per heavy atom. The minimum atomic E-state index is 0.0597. The number of amides is 1. The zero-order valence-electron chi connectivity index (χ0n) is 15.6. The Labute approximate surface area is 163 Å². The lowest BCUT2D eigenvalue weighted by Gasteiger charge is -2.35. The van der Waals surface area contributed by atoms with Crippen LogP contribution in [0.5, 0.6) is 0 Å². The van der Waals surface area contributed by atoms with Gasteiger partial charge in [-0.2, -0.15) is 5.10 Å². The number of pyridine rings is 1. The van der Waals surface area contributed by atoms with Gasteiger partial charge in [-0.15, -0.1) is 0 Å². The largest absolute Gasteiger partial charge is 0.458 e. The number of hydrogen-bond donors (Lipinski definition) is 1. The normalized spacial score (nSPS) is 22.6. The summed E-state index contributed by atoms with van der Waals surface area (Å²) in [5, 5.41) is 6.90. The Balaban J connectivity index is 1.30. The number of aromatic nitrogens is 3. The summed E-state index contributed by atoms with van der Waals surface area (Å²) < 4.78 is 5.99. The van der Waals surface area contributed by atoms with E-state index in [2.05, 4.69) is 20.1 Å². The smallest absolute Gasteiger partial charge is 0.227 e. The number of nitrogens with one attached hydrogen (secondary N) is 1. The van der Waals surface area contributed by atoms with Crippen LogP contribution in [0.25, 0.3) is 11.5 Å². The van der Waals surface area contributed by atoms with Crippen molar-refractivity contribution in [3.05, 3.63) is 60.2 Å². The molecule has 1 N–H and O–H groups in total. The van der Waals surface area contributed by atoms with Gasteiger partial charge < -0.3 is 9.32 Å². The average Bonchev–Trinajstić information content (AvgIpc) is 3.33. The summed E-state index contributed by atoms with van der Waals surface area (Å²) in [5.41, 5.74) is 1.82. The van der Waals surface area contributed by atoms with Crippen molar-refractivity contribution in [2.24, 2.45) is 5.92 Å². The van der Waals surface area contributed by atoms with E-state index >= 15 is 0 Å². The highest BCUT2D eigenvalue weighted by Crippen LogP contribution is 2.31. The molecule has 6 heterocycles. The van der Waals surface area contributed by atoms with Gasteiger partial charge in [-0.3, -0.25) is 19.8 Å². The van der Waals surface area contributed by atoms with E-state index in [0.717, 1.165) is 48.8 Å². The summed E-state index contributed by atoms with van der Waals surface area (Å²) >= 11 is 0. The van der Waals surface area contributed by atoms with Crippen LogP contribution in [0.4, 0.5) is 0 Å². The van der Waals surface area contributed by atoms with Crippen molar-refractivity contribution in [1.29, 1.82) is 0 Å². The zero-order valence-corrected chi connectivity index (χ0v) is 15.6. The highest BCUT2D eigenvalue weighted by molar-refractivity contribution is 5.80. The third kappa shape index (κ3) is 3.33. The Bertz CT molecular complexity index is 937. The molecule has 0 aliphatic carbocycles. The maximum absolute atomic E-state index is 13.0. The van der Waals surface area contributed by atoms with Gasteiger partial charge in [-0.05, 0) is 43.2 Å². The van der Waals surface area contributed by atoms with Gasteiger partial charge in [0.1, 0.15) is 11.5 Å². The van der Waals surface area contributed by atoms with Gasteiger partial charge in [0.05, 0.1) is 24.7 Å². The SMILES string of the molecule is O=C1[C@H]2CC[C@H](CN(Cc3ccc(-c4ccn[nH]4)o3)C2)N1Cc1ccccn1. The highest BCUT2D eigenvalue weighted by atomic mass is 16.3. The number of carbonyl (C=O) groups excluding carboxylic acids is 1. The summed E-state index contributed by atoms with van der Waals surface area (Å²) in [6.45, 7) is 2.97. The molecule has 28 heavy (non-hydrogen) atoms. The number of nitrogens with zero attached hydrogens (tertiary/aromatic N) is 4. The first-order valence-corrected chi connectivity index (χ1v) is 9.77. The Morgan fingerprint density at radius 1 is 1.07 bits per heavy atom. The van der Waals surface area contributed by atoms with E-state index < -0.39 is 0 Å². The van der Waals surface area contributed by atoms with Crippen LogP contribution >= 0.6 is 0 Å². The quantitative estimate of drug-likeness (QED) is 0.740. The molecule has 6 rings (SSSR count). The van der Waals surface area contributed by atoms with Gasteiger partial charge in [0.25, 0.3) is 0 Å². The van der Waals surface area contributed by atoms with Gasteiger partial charge >= 0.3 is 0 Å². The van der Waals surface area contributed by atoms with E-state index in [1.807, 2.05) is 41.3 Å². The van der Waals surface area contributed by atoms with E-state index in [4.69, 9.17) is 4.42 Å². The first kappa shape index (κ1) is 17.2. The standard InChI is InChI=1S/C21H23N5O2/c27-21-15-4-5-17(26(21)12-16-3-1-2-9-22-16)13-25(11-15)14-18-6-7-20(28-18)19-8-10-23-24-19/h1-3,6-10,15,17H,4-5,11-14H2,(H,23,24)/t15-,17+/m0/s1. The van der Waals surface area contributed by atoms with Crippen LogP contribution in [0.3, 0.4) is 0 Å². The van der Waals surface area contributed by atoms with Crippen LogP contribution in [-0.4, -0.2) is 50.0 Å². The second-order valence-corrected chi connectivity index (χ2v) is 7.65. The van der Waals surface area contributed by atoms with Crippen LogP contribution in [0.1, 0.15) is 24.3 Å². The maximum Gasteiger partial charge on any atom is 0.227 e. The minimum absolute atomic E-state index is 0.0597. The van der Waals surface area contributed by atoms with E-state index in [-0.39, 0.29) is 17.9 Å². The number of aromatic amines is 1. The van der Waals surface area contributed by atoms with Crippen molar-refractivity contribution >= 4 is 5.91 Å². The monoisotopic (exact) mass is 377 g/mol. The molecule has 3 aliphatic heterocycles. The molecule has 0 spiro atoms. The van der Waals surface area contributed by atoms with Crippen LogP contribution in [0, 0.1) is 5.92 Å². The second kappa shape index (κ2) is 7.24. The summed E-state index contributed by atoms with van der Waals surface area (Å²) in [4.78, 5) is 21.8. The number of fused-ring (bicyclic) bond motifs is 4. The predicted molar refractivity (Wildman–Crippen MR) is 103 cm³/mol. The first-order chi connectivity index (χ1) is 13.8. The number of hydrogen-bond acceptors (Lipinski definition) is 5. The Hall–Kier alpha value is -2.93. The molecule has 3 saturated heterocycles. The molecule has 3 aromatic heterocycles. The number of H-pyrrole nitrogens is 1. The summed E-state index contributed by atoms with van der Waals surface area (Å²) in [7, 11) is 0. The van der Waals surface area contributed by atoms with Crippen molar-refractivity contribution < 1.29 is 9.21 Å². The number of furan rings is 1. The van der Waals surface area contributed by atoms with Crippen molar-refractivity contribution in [1.82, 2.24) is 25.0 Å². The molecule has 0 unspecified atom stereocenters. The van der Waals surface area contributed by atoms with E-state index in [0.29, 0.717) is 13.1 Å². The topological polar surface area (TPSA) is 78.3 Å². The van der Waals surface area contributed by atoms with Gasteiger partial charge in [0.15, 0.2) is 5.76 Å². The predicted octanol–water partition coefficient (Wildman–Crippen LogP) is 2.69. The molecule has 1 amide bonds. The van der Waals surface area contributed by atoms with Gasteiger partial charge in [-0.1, -0.05) is 6.07 Å². The van der Waals surface area contributed by atoms with Crippen molar-refractivity contribution in [2.45, 2.75) is 32.0 Å². The Kier molecular flexibility index (Phi) is 4.44. The lowest BCUT2D eigenvalue weighted by Crippen LogP contribution is -2.47. The molecule has 0 saturated carbocycles. The number of carbonyl (C=O) groups is 1. The molecule has 3 aromatic rings. The lowest BCUT2D eigenvalue weighted by molar-refractivity contribution is -0.140. The van der Waals surface area contributed by atoms with Crippen molar-refractivity contribution in [2.75, 3.05) is 13.1 Å². The summed E-state index contributed by atoms with van der Waals surface area (Å²) in [5.74, 6) is 2.03. The average molecular weight is 377 g/mol. The summed E-state index contributed by atoms with van der Waals surface area (Å²) in [6.07, 6.45) is 5.52. The van der Waals surface area contributed by atoms with Crippen molar-refractivity contribution in [3.63, 3.8) is 0 Å². The third-order valence-corrected chi connectivity index (χ3v) is 5.73. The van der Waals surface area contributed by atoms with Crippen molar-refractivity contribution in [3.8, 4) is 11.5 Å². The van der Waals surface area contributed by atoms with Gasteiger partial charge in [0, 0.05) is 31.5 Å². The fraction of sp³-hybridized carbons (Fsp3) is 0.381. The van der Waals surface area contributed by atoms with E-state index in [1.54, 1.807) is 12.4 Å². The third-order valence-electron chi connectivity index (χ3n) is 5.73. The Morgan fingerprint density at radius 2 is 2.04 bits per heavy atom. The summed E-state index contributed by atoms with van der Waals surface area (Å²) in [6, 6.07) is 12.0. The molecular formula is C21H23N5O2. The van der Waals surface area contributed by atoms with E-state index in [1.165, 1.54) is 0 Å². The molecule has 2 bridgehead atoms. The first-order valence-electron chi connectivity index (χ1n) is 9.77. The second-order valence-electron chi connectivity index (χ2n) is 7.65. The molecule has 0 radical (unpaired) electrons. The number of rotatable bonds is 5. The fourth-order valence-electron chi connectivity index (χ4n) is 4.35. The molecular weight excluding hydrogens is 354 g/mol. The van der Waals surface area contributed by atoms with E-state index in [9.17, 15) is 4.79 Å². The minimum Gasteiger partial charge on any atom is -0.458 e. The molecule has 144 valence electrons. The van der Waals surface area contributed by atoms with Crippen LogP contribution < -0.4 is 0 Å². The van der Waals surface area contributed by atoms with Crippen LogP contribution in [0.2, 0.25) is 0 Å². The molecule has 3 fully saturated rings. The number of piperidine rings is 1. The maximum atomic E-state index is 13.0. The molecule has 7 nitrogen and oxygen atoms in total. The van der Waals surface area contributed by atoms with Crippen LogP contribution in [-0.2, 0) is 17.9 Å². The lowest BCUT2D eigenvalue weighted by atomic mass is 9.94. The molecule has 0 aromatic carbocycles. The molecule has 2 atom stereocenters. The molecule has 7 heteroatoms.